The van der Waals surface area contributed by atoms with E-state index in [0.717, 1.165) is 5.56 Å². The maximum absolute atomic E-state index is 10.3. The van der Waals surface area contributed by atoms with Crippen LogP contribution in [0, 0.1) is 0 Å². The first-order chi connectivity index (χ1) is 5.20. The number of carboxylic acid groups (broad SMARTS) is 1. The van der Waals surface area contributed by atoms with Crippen LogP contribution in [-0.4, -0.2) is 22.1 Å². The van der Waals surface area contributed by atoms with Crippen molar-refractivity contribution in [1.82, 2.24) is 4.98 Å². The van der Waals surface area contributed by atoms with E-state index in [1.54, 1.807) is 12.4 Å². The molecule has 60 valence electrons. The second-order valence-electron chi connectivity index (χ2n) is 2.37. The lowest BCUT2D eigenvalue weighted by Gasteiger charge is -2.02. The molecule has 11 heavy (non-hydrogen) atoms. The number of hydrogen-bond donors (Lipinski definition) is 3. The molecule has 0 spiro atoms. The monoisotopic (exact) mass is 154 g/mol. The highest BCUT2D eigenvalue weighted by atomic mass is 16.4. The number of hydrogen-bond acceptors (Lipinski definition) is 2. The second kappa shape index (κ2) is 3.21. The minimum Gasteiger partial charge on any atom is -0.480 e. The molecule has 1 rings (SSSR count). The third-order valence-electron chi connectivity index (χ3n) is 1.44. The Morgan fingerprint density at radius 1 is 1.82 bits per heavy atom. The van der Waals surface area contributed by atoms with Crippen LogP contribution in [0.3, 0.4) is 0 Å². The minimum absolute atomic E-state index is 0.374. The van der Waals surface area contributed by atoms with E-state index in [1.165, 1.54) is 0 Å². The van der Waals surface area contributed by atoms with Gasteiger partial charge in [0.15, 0.2) is 0 Å². The number of aromatic nitrogens is 1. The Hall–Kier alpha value is -1.29. The molecule has 1 aromatic heterocycles. The zero-order chi connectivity index (χ0) is 8.27. The molecule has 4 nitrogen and oxygen atoms in total. The quantitative estimate of drug-likeness (QED) is 0.572. The summed E-state index contributed by atoms with van der Waals surface area (Å²) in [4.78, 5) is 13.1. The van der Waals surface area contributed by atoms with Gasteiger partial charge in [0.2, 0.25) is 0 Å². The fourth-order valence-electron chi connectivity index (χ4n) is 0.827. The lowest BCUT2D eigenvalue weighted by molar-refractivity contribution is -0.138. The van der Waals surface area contributed by atoms with Crippen molar-refractivity contribution in [1.29, 1.82) is 0 Å². The van der Waals surface area contributed by atoms with Gasteiger partial charge in [-0.3, -0.25) is 4.79 Å². The number of aromatic amines is 1. The molecule has 1 heterocycles. The van der Waals surface area contributed by atoms with Crippen LogP contribution >= 0.6 is 0 Å². The van der Waals surface area contributed by atoms with E-state index >= 15 is 0 Å². The Bertz CT molecular complexity index is 231. The number of nitrogens with two attached hydrogens (primary N) is 1. The van der Waals surface area contributed by atoms with Crippen molar-refractivity contribution in [2.24, 2.45) is 5.73 Å². The van der Waals surface area contributed by atoms with E-state index in [-0.39, 0.29) is 0 Å². The van der Waals surface area contributed by atoms with Crippen molar-refractivity contribution in [3.8, 4) is 0 Å². The normalized spacial score (nSPS) is 12.8. The molecule has 0 aliphatic heterocycles. The van der Waals surface area contributed by atoms with Crippen LogP contribution in [0.25, 0.3) is 0 Å². The molecule has 0 aliphatic carbocycles. The average Bonchev–Trinajstić information content (AvgIpc) is 2.39. The van der Waals surface area contributed by atoms with Crippen molar-refractivity contribution in [2.75, 3.05) is 0 Å². The van der Waals surface area contributed by atoms with Gasteiger partial charge in [-0.15, -0.1) is 0 Å². The van der Waals surface area contributed by atoms with Gasteiger partial charge in [0.05, 0.1) is 0 Å². The topological polar surface area (TPSA) is 79.1 Å². The highest BCUT2D eigenvalue weighted by Crippen LogP contribution is 1.99. The lowest BCUT2D eigenvalue weighted by Crippen LogP contribution is -2.32. The maximum Gasteiger partial charge on any atom is 0.320 e. The Labute approximate surface area is 64.0 Å². The third kappa shape index (κ3) is 2.09. The van der Waals surface area contributed by atoms with E-state index in [1.807, 2.05) is 6.07 Å². The SMILES string of the molecule is N[C@@H](Cc1cc[nH]c1)C(=O)O. The molecule has 1 atom stereocenters. The summed E-state index contributed by atoms with van der Waals surface area (Å²) in [5.74, 6) is -0.966. The molecule has 0 unspecified atom stereocenters. The molecule has 0 fully saturated rings. The molecule has 4 heteroatoms. The Balaban J connectivity index is 2.50. The highest BCUT2D eigenvalue weighted by molar-refractivity contribution is 5.73. The van der Waals surface area contributed by atoms with E-state index in [2.05, 4.69) is 4.98 Å². The van der Waals surface area contributed by atoms with Crippen LogP contribution in [-0.2, 0) is 11.2 Å². The first-order valence-corrected chi connectivity index (χ1v) is 3.30. The number of nitrogens with one attached hydrogen (secondary N) is 1. The first kappa shape index (κ1) is 7.81. The number of H-pyrrole nitrogens is 1. The van der Waals surface area contributed by atoms with Crippen LogP contribution < -0.4 is 5.73 Å². The summed E-state index contributed by atoms with van der Waals surface area (Å²) in [7, 11) is 0. The fraction of sp³-hybridized carbons (Fsp3) is 0.286. The highest BCUT2D eigenvalue weighted by Gasteiger charge is 2.11. The van der Waals surface area contributed by atoms with Gasteiger partial charge >= 0.3 is 5.97 Å². The summed E-state index contributed by atoms with van der Waals surface area (Å²) < 4.78 is 0. The largest absolute Gasteiger partial charge is 0.480 e. The van der Waals surface area contributed by atoms with Gasteiger partial charge in [0.1, 0.15) is 6.04 Å². The lowest BCUT2D eigenvalue weighted by atomic mass is 10.1. The molecule has 1 aromatic rings. The predicted molar refractivity (Wildman–Crippen MR) is 40.1 cm³/mol. The smallest absolute Gasteiger partial charge is 0.320 e. The summed E-state index contributed by atoms with van der Waals surface area (Å²) in [5.41, 5.74) is 6.21. The van der Waals surface area contributed by atoms with Crippen molar-refractivity contribution in [2.45, 2.75) is 12.5 Å². The first-order valence-electron chi connectivity index (χ1n) is 3.30. The van der Waals surface area contributed by atoms with Crippen LogP contribution in [0.15, 0.2) is 18.5 Å². The van der Waals surface area contributed by atoms with Gasteiger partial charge in [-0.25, -0.2) is 0 Å². The summed E-state index contributed by atoms with van der Waals surface area (Å²) in [6.45, 7) is 0. The van der Waals surface area contributed by atoms with Gasteiger partial charge in [0.25, 0.3) is 0 Å². The average molecular weight is 154 g/mol. The Morgan fingerprint density at radius 2 is 2.55 bits per heavy atom. The van der Waals surface area contributed by atoms with Crippen LogP contribution in [0.4, 0.5) is 0 Å². The Morgan fingerprint density at radius 3 is 3.00 bits per heavy atom. The fourth-order valence-corrected chi connectivity index (χ4v) is 0.827. The van der Waals surface area contributed by atoms with Crippen molar-refractivity contribution in [3.63, 3.8) is 0 Å². The van der Waals surface area contributed by atoms with Gasteiger partial charge in [-0.05, 0) is 18.1 Å². The number of aliphatic carboxylic acids is 1. The summed E-state index contributed by atoms with van der Waals surface area (Å²) in [5, 5.41) is 8.45. The third-order valence-corrected chi connectivity index (χ3v) is 1.44. The standard InChI is InChI=1S/C7H10N2O2/c8-6(7(10)11)3-5-1-2-9-4-5/h1-2,4,6,9H,3,8H2,(H,10,11)/t6-/m0/s1. The van der Waals surface area contributed by atoms with E-state index in [9.17, 15) is 4.79 Å². The summed E-state index contributed by atoms with van der Waals surface area (Å²) >= 11 is 0. The predicted octanol–water partition coefficient (Wildman–Crippen LogP) is -0.0309. The number of rotatable bonds is 3. The van der Waals surface area contributed by atoms with Crippen molar-refractivity contribution >= 4 is 5.97 Å². The van der Waals surface area contributed by atoms with E-state index in [4.69, 9.17) is 10.8 Å². The molecule has 0 amide bonds. The summed E-state index contributed by atoms with van der Waals surface area (Å²) in [6, 6.07) is 1.01. The van der Waals surface area contributed by atoms with Crippen molar-refractivity contribution in [3.05, 3.63) is 24.0 Å². The maximum atomic E-state index is 10.3. The Kier molecular flexibility index (Phi) is 2.28. The second-order valence-corrected chi connectivity index (χ2v) is 2.37. The molecule has 4 N–H and O–H groups in total. The molecule has 0 bridgehead atoms. The van der Waals surface area contributed by atoms with Crippen molar-refractivity contribution < 1.29 is 9.90 Å². The van der Waals surface area contributed by atoms with E-state index in [0.29, 0.717) is 6.42 Å². The molecule has 0 saturated heterocycles. The molecule has 0 aromatic carbocycles. The summed E-state index contributed by atoms with van der Waals surface area (Å²) in [6.07, 6.45) is 3.85. The molecule has 0 radical (unpaired) electrons. The van der Waals surface area contributed by atoms with Crippen LogP contribution in [0.1, 0.15) is 5.56 Å². The zero-order valence-electron chi connectivity index (χ0n) is 5.95. The van der Waals surface area contributed by atoms with E-state index < -0.39 is 12.0 Å². The molecule has 0 aliphatic rings. The van der Waals surface area contributed by atoms with Gasteiger partial charge < -0.3 is 15.8 Å². The minimum atomic E-state index is -0.966. The molecular weight excluding hydrogens is 144 g/mol. The number of carbonyl (C=O) groups is 1. The van der Waals surface area contributed by atoms with Crippen LogP contribution in [0.5, 0.6) is 0 Å². The molecular formula is C7H10N2O2. The number of carboxylic acids is 1. The molecule has 0 saturated carbocycles. The zero-order valence-corrected chi connectivity index (χ0v) is 5.95. The van der Waals surface area contributed by atoms with Crippen LogP contribution in [0.2, 0.25) is 0 Å². The van der Waals surface area contributed by atoms with Gasteiger partial charge in [-0.1, -0.05) is 0 Å². The van der Waals surface area contributed by atoms with Gasteiger partial charge in [-0.2, -0.15) is 0 Å². The van der Waals surface area contributed by atoms with Gasteiger partial charge in [0, 0.05) is 12.4 Å².